The number of nitrogens with one attached hydrogen (secondary N) is 1. The predicted octanol–water partition coefficient (Wildman–Crippen LogP) is 1.47. The number of H-pyrrole nitrogens is 1. The van der Waals surface area contributed by atoms with E-state index in [1.807, 2.05) is 31.3 Å². The molecule has 0 amide bonds. The normalized spacial score (nSPS) is 15.0. The topological polar surface area (TPSA) is 83.1 Å². The van der Waals surface area contributed by atoms with E-state index >= 15 is 0 Å². The van der Waals surface area contributed by atoms with Gasteiger partial charge in [0, 0.05) is 38.4 Å². The molecule has 0 aliphatic carbocycles. The molecule has 0 saturated carbocycles. The maximum Gasteiger partial charge on any atom is 0.233 e. The fourth-order valence-electron chi connectivity index (χ4n) is 2.96. The van der Waals surface area contributed by atoms with Crippen molar-refractivity contribution in [3.63, 3.8) is 0 Å². The van der Waals surface area contributed by atoms with E-state index in [9.17, 15) is 0 Å². The van der Waals surface area contributed by atoms with Crippen molar-refractivity contribution in [2.75, 3.05) is 42.6 Å². The van der Waals surface area contributed by atoms with E-state index in [4.69, 9.17) is 4.74 Å². The first kappa shape index (κ1) is 14.7. The van der Waals surface area contributed by atoms with Crippen molar-refractivity contribution >= 4 is 22.7 Å². The molecule has 1 fully saturated rings. The average molecular weight is 325 g/mol. The highest BCUT2D eigenvalue weighted by molar-refractivity contribution is 5.87. The third kappa shape index (κ3) is 2.70. The lowest BCUT2D eigenvalue weighted by atomic mass is 10.2. The second-order valence-corrected chi connectivity index (χ2v) is 5.57. The van der Waals surface area contributed by atoms with E-state index in [2.05, 4.69) is 34.9 Å². The van der Waals surface area contributed by atoms with Crippen LogP contribution in [0.2, 0.25) is 0 Å². The van der Waals surface area contributed by atoms with Crippen molar-refractivity contribution in [2.24, 2.45) is 0 Å². The van der Waals surface area contributed by atoms with Gasteiger partial charge in [0.1, 0.15) is 17.8 Å². The van der Waals surface area contributed by atoms with Gasteiger partial charge in [0.05, 0.1) is 12.0 Å². The van der Waals surface area contributed by atoms with Gasteiger partial charge in [-0.15, -0.1) is 10.2 Å². The number of rotatable bonds is 4. The smallest absolute Gasteiger partial charge is 0.233 e. The van der Waals surface area contributed by atoms with Crippen LogP contribution < -0.4 is 14.5 Å². The summed E-state index contributed by atoms with van der Waals surface area (Å²) >= 11 is 0. The molecule has 1 aliphatic heterocycles. The molecule has 1 N–H and O–H groups in total. The van der Waals surface area contributed by atoms with Crippen LogP contribution in [0.3, 0.4) is 0 Å². The first-order valence-electron chi connectivity index (χ1n) is 8.09. The first-order valence-corrected chi connectivity index (χ1v) is 8.09. The zero-order valence-electron chi connectivity index (χ0n) is 13.5. The van der Waals surface area contributed by atoms with Crippen molar-refractivity contribution in [1.82, 2.24) is 25.1 Å². The summed E-state index contributed by atoms with van der Waals surface area (Å²) in [4.78, 5) is 16.4. The fourth-order valence-corrected chi connectivity index (χ4v) is 2.96. The van der Waals surface area contributed by atoms with E-state index in [0.717, 1.165) is 48.8 Å². The molecule has 0 atom stereocenters. The zero-order valence-corrected chi connectivity index (χ0v) is 13.5. The summed E-state index contributed by atoms with van der Waals surface area (Å²) in [6.45, 7) is 6.04. The van der Waals surface area contributed by atoms with Gasteiger partial charge in [0.15, 0.2) is 5.82 Å². The largest absolute Gasteiger partial charge is 0.477 e. The second-order valence-electron chi connectivity index (χ2n) is 5.57. The van der Waals surface area contributed by atoms with E-state index in [1.54, 1.807) is 6.33 Å². The standard InChI is InChI=1S/C16H19N7O/c1-2-24-14-4-3-13(20-21-14)22-7-9-23(10-8-22)16-12-5-6-17-15(12)18-11-19-16/h3-6,11H,2,7-10H2,1H3,(H,17,18,19). The van der Waals surface area contributed by atoms with Gasteiger partial charge in [-0.2, -0.15) is 0 Å². The molecule has 1 aliphatic rings. The highest BCUT2D eigenvalue weighted by atomic mass is 16.5. The monoisotopic (exact) mass is 325 g/mol. The summed E-state index contributed by atoms with van der Waals surface area (Å²) in [5.41, 5.74) is 0.875. The third-order valence-electron chi connectivity index (χ3n) is 4.15. The van der Waals surface area contributed by atoms with Gasteiger partial charge in [0.25, 0.3) is 0 Å². The molecule has 3 aromatic rings. The Bertz CT molecular complexity index is 809. The molecule has 0 unspecified atom stereocenters. The number of fused-ring (bicyclic) bond motifs is 1. The highest BCUT2D eigenvalue weighted by Crippen LogP contribution is 2.24. The summed E-state index contributed by atoms with van der Waals surface area (Å²) in [6.07, 6.45) is 3.51. The van der Waals surface area contributed by atoms with Crippen LogP contribution in [-0.2, 0) is 0 Å². The van der Waals surface area contributed by atoms with E-state index in [0.29, 0.717) is 12.5 Å². The van der Waals surface area contributed by atoms with Crippen molar-refractivity contribution < 1.29 is 4.74 Å². The average Bonchev–Trinajstić information content (AvgIpc) is 3.12. The number of nitrogens with zero attached hydrogens (tertiary/aromatic N) is 6. The van der Waals surface area contributed by atoms with Crippen molar-refractivity contribution in [3.05, 3.63) is 30.7 Å². The van der Waals surface area contributed by atoms with Gasteiger partial charge in [-0.3, -0.25) is 0 Å². The molecular formula is C16H19N7O. The summed E-state index contributed by atoms with van der Waals surface area (Å²) in [5.74, 6) is 2.43. The minimum atomic E-state index is 0.565. The molecule has 8 heteroatoms. The van der Waals surface area contributed by atoms with Crippen LogP contribution >= 0.6 is 0 Å². The molecule has 1 saturated heterocycles. The number of piperazine rings is 1. The molecule has 4 heterocycles. The van der Waals surface area contributed by atoms with Gasteiger partial charge in [-0.05, 0) is 19.1 Å². The van der Waals surface area contributed by atoms with Crippen molar-refractivity contribution in [1.29, 1.82) is 0 Å². The van der Waals surface area contributed by atoms with Gasteiger partial charge in [-0.25, -0.2) is 9.97 Å². The number of hydrogen-bond acceptors (Lipinski definition) is 7. The minimum Gasteiger partial charge on any atom is -0.477 e. The van der Waals surface area contributed by atoms with E-state index < -0.39 is 0 Å². The molecule has 124 valence electrons. The summed E-state index contributed by atoms with van der Waals surface area (Å²) in [6, 6.07) is 5.85. The maximum absolute atomic E-state index is 5.34. The molecule has 0 bridgehead atoms. The van der Waals surface area contributed by atoms with Gasteiger partial charge >= 0.3 is 0 Å². The Morgan fingerprint density at radius 1 is 1.04 bits per heavy atom. The van der Waals surface area contributed by atoms with Crippen LogP contribution in [0.15, 0.2) is 30.7 Å². The summed E-state index contributed by atoms with van der Waals surface area (Å²) in [7, 11) is 0. The molecule has 24 heavy (non-hydrogen) atoms. The van der Waals surface area contributed by atoms with Crippen LogP contribution in [-0.4, -0.2) is 57.9 Å². The fraction of sp³-hybridized carbons (Fsp3) is 0.375. The number of aromatic amines is 1. The highest BCUT2D eigenvalue weighted by Gasteiger charge is 2.21. The summed E-state index contributed by atoms with van der Waals surface area (Å²) in [5, 5.41) is 9.43. The molecule has 0 radical (unpaired) electrons. The van der Waals surface area contributed by atoms with Crippen LogP contribution in [0.1, 0.15) is 6.92 Å². The third-order valence-corrected chi connectivity index (χ3v) is 4.15. The van der Waals surface area contributed by atoms with Crippen molar-refractivity contribution in [3.8, 4) is 5.88 Å². The second kappa shape index (κ2) is 6.31. The Labute approximate surface area is 139 Å². The van der Waals surface area contributed by atoms with E-state index in [-0.39, 0.29) is 0 Å². The molecule has 4 rings (SSSR count). The number of anilines is 2. The number of hydrogen-bond donors (Lipinski definition) is 1. The van der Waals surface area contributed by atoms with Crippen LogP contribution in [0.4, 0.5) is 11.6 Å². The summed E-state index contributed by atoms with van der Waals surface area (Å²) < 4.78 is 5.34. The van der Waals surface area contributed by atoms with Gasteiger partial charge in [0.2, 0.25) is 5.88 Å². The Kier molecular flexibility index (Phi) is 3.86. The van der Waals surface area contributed by atoms with Crippen LogP contribution in [0.25, 0.3) is 11.0 Å². The quantitative estimate of drug-likeness (QED) is 0.777. The first-order chi connectivity index (χ1) is 11.8. The van der Waals surface area contributed by atoms with Crippen LogP contribution in [0, 0.1) is 0 Å². The Morgan fingerprint density at radius 3 is 2.62 bits per heavy atom. The SMILES string of the molecule is CCOc1ccc(N2CCN(c3ncnc4[nH]ccc34)CC2)nn1. The van der Waals surface area contributed by atoms with Gasteiger partial charge in [-0.1, -0.05) is 0 Å². The zero-order chi connectivity index (χ0) is 16.4. The molecule has 3 aromatic heterocycles. The van der Waals surface area contributed by atoms with Gasteiger partial charge < -0.3 is 19.5 Å². The maximum atomic E-state index is 5.34. The molecule has 8 nitrogen and oxygen atoms in total. The molecule has 0 spiro atoms. The lowest BCUT2D eigenvalue weighted by Gasteiger charge is -2.35. The Hall–Kier alpha value is -2.90. The minimum absolute atomic E-state index is 0.565. The number of aromatic nitrogens is 5. The lowest BCUT2D eigenvalue weighted by Crippen LogP contribution is -2.47. The molecule has 0 aromatic carbocycles. The Morgan fingerprint density at radius 2 is 1.88 bits per heavy atom. The van der Waals surface area contributed by atoms with E-state index in [1.165, 1.54) is 0 Å². The van der Waals surface area contributed by atoms with Crippen molar-refractivity contribution in [2.45, 2.75) is 6.92 Å². The Balaban J connectivity index is 1.46. The predicted molar refractivity (Wildman–Crippen MR) is 91.5 cm³/mol. The molecular weight excluding hydrogens is 306 g/mol. The van der Waals surface area contributed by atoms with Crippen LogP contribution in [0.5, 0.6) is 5.88 Å². The number of ether oxygens (including phenoxy) is 1. The lowest BCUT2D eigenvalue weighted by molar-refractivity contribution is 0.322.